The Morgan fingerprint density at radius 2 is 1.86 bits per heavy atom. The van der Waals surface area contributed by atoms with Crippen molar-refractivity contribution >= 4 is 11.6 Å². The summed E-state index contributed by atoms with van der Waals surface area (Å²) in [5, 5.41) is 11.6. The van der Waals surface area contributed by atoms with Gasteiger partial charge >= 0.3 is 0 Å². The Morgan fingerprint density at radius 1 is 1.10 bits per heavy atom. The molecule has 0 unspecified atom stereocenters. The Hall–Kier alpha value is -2.76. The van der Waals surface area contributed by atoms with Crippen LogP contribution in [-0.2, 0) is 0 Å². The van der Waals surface area contributed by atoms with E-state index in [9.17, 15) is 9.18 Å². The Balaban J connectivity index is 1.82. The summed E-state index contributed by atoms with van der Waals surface area (Å²) < 4.78 is 24.3. The van der Waals surface area contributed by atoms with Crippen LogP contribution < -0.4 is 14.8 Å². The van der Waals surface area contributed by atoms with Crippen LogP contribution in [0.4, 0.5) is 10.1 Å². The largest absolute Gasteiger partial charge is 0.508 e. The van der Waals surface area contributed by atoms with E-state index in [0.29, 0.717) is 30.3 Å². The topological polar surface area (TPSA) is 67.8 Å². The number of hydrogen-bond acceptors (Lipinski definition) is 4. The molecule has 2 aromatic rings. The third kappa shape index (κ3) is 2.74. The Kier molecular flexibility index (Phi) is 3.35. The van der Waals surface area contributed by atoms with Crippen molar-refractivity contribution in [1.29, 1.82) is 0 Å². The second-order valence-electron chi connectivity index (χ2n) is 4.48. The maximum atomic E-state index is 13.6. The number of rotatable bonds is 2. The van der Waals surface area contributed by atoms with E-state index in [0.717, 1.165) is 6.07 Å². The summed E-state index contributed by atoms with van der Waals surface area (Å²) in [6.07, 6.45) is 0. The van der Waals surface area contributed by atoms with Gasteiger partial charge in [0.05, 0.1) is 5.69 Å². The molecule has 0 aliphatic carbocycles. The lowest BCUT2D eigenvalue weighted by molar-refractivity contribution is 0.102. The Bertz CT molecular complexity index is 702. The van der Waals surface area contributed by atoms with E-state index in [1.807, 2.05) is 0 Å². The van der Waals surface area contributed by atoms with Gasteiger partial charge in [-0.3, -0.25) is 4.79 Å². The third-order valence-corrected chi connectivity index (χ3v) is 3.01. The van der Waals surface area contributed by atoms with E-state index >= 15 is 0 Å². The second kappa shape index (κ2) is 5.32. The molecule has 1 heterocycles. The molecule has 1 amide bonds. The molecule has 0 aromatic heterocycles. The number of amides is 1. The zero-order valence-electron chi connectivity index (χ0n) is 10.9. The number of benzene rings is 2. The minimum atomic E-state index is -0.708. The van der Waals surface area contributed by atoms with Gasteiger partial charge in [-0.1, -0.05) is 0 Å². The molecule has 1 aliphatic rings. The predicted octanol–water partition coefficient (Wildman–Crippen LogP) is 2.55. The van der Waals surface area contributed by atoms with Gasteiger partial charge in [0, 0.05) is 11.6 Å². The number of carbonyl (C=O) groups excluding carboxylic acids is 1. The monoisotopic (exact) mass is 289 g/mol. The summed E-state index contributed by atoms with van der Waals surface area (Å²) in [4.78, 5) is 12.1. The summed E-state index contributed by atoms with van der Waals surface area (Å²) in [7, 11) is 0. The number of phenolic OH excluding ortho intramolecular Hbond substituents is 1. The smallest absolute Gasteiger partial charge is 0.255 e. The first kappa shape index (κ1) is 13.2. The van der Waals surface area contributed by atoms with Crippen molar-refractivity contribution in [3.8, 4) is 17.2 Å². The van der Waals surface area contributed by atoms with Crippen LogP contribution in [-0.4, -0.2) is 24.2 Å². The standard InChI is InChI=1S/C15H12FNO4/c16-11-8-10(18)2-3-12(11)17-15(19)9-1-4-13-14(7-9)21-6-5-20-13/h1-4,7-8,18H,5-6H2,(H,17,19). The summed E-state index contributed by atoms with van der Waals surface area (Å²) in [6.45, 7) is 0.891. The number of anilines is 1. The van der Waals surface area contributed by atoms with Gasteiger partial charge in [-0.15, -0.1) is 0 Å². The van der Waals surface area contributed by atoms with Gasteiger partial charge in [-0.2, -0.15) is 0 Å². The average molecular weight is 289 g/mol. The van der Waals surface area contributed by atoms with Crippen molar-refractivity contribution < 1.29 is 23.8 Å². The van der Waals surface area contributed by atoms with Crippen molar-refractivity contribution in [2.24, 2.45) is 0 Å². The number of aromatic hydroxyl groups is 1. The predicted molar refractivity (Wildman–Crippen MR) is 73.5 cm³/mol. The van der Waals surface area contributed by atoms with Crippen molar-refractivity contribution in [2.45, 2.75) is 0 Å². The normalized spacial score (nSPS) is 12.8. The Labute approximate surface area is 119 Å². The third-order valence-electron chi connectivity index (χ3n) is 3.01. The first-order valence-corrected chi connectivity index (χ1v) is 6.33. The van der Waals surface area contributed by atoms with Crippen LogP contribution in [0.3, 0.4) is 0 Å². The van der Waals surface area contributed by atoms with Gasteiger partial charge in [0.25, 0.3) is 5.91 Å². The summed E-state index contributed by atoms with van der Waals surface area (Å²) in [6, 6.07) is 8.27. The molecule has 0 fully saturated rings. The molecule has 0 saturated heterocycles. The van der Waals surface area contributed by atoms with Crippen LogP contribution in [0.1, 0.15) is 10.4 Å². The summed E-state index contributed by atoms with van der Waals surface area (Å²) in [5.41, 5.74) is 0.319. The summed E-state index contributed by atoms with van der Waals surface area (Å²) in [5.74, 6) is -0.323. The van der Waals surface area contributed by atoms with Crippen molar-refractivity contribution in [3.63, 3.8) is 0 Å². The zero-order valence-corrected chi connectivity index (χ0v) is 10.9. The maximum absolute atomic E-state index is 13.6. The molecular formula is C15H12FNO4. The molecule has 108 valence electrons. The van der Waals surface area contributed by atoms with Gasteiger partial charge < -0.3 is 19.9 Å². The van der Waals surface area contributed by atoms with Gasteiger partial charge in [-0.05, 0) is 30.3 Å². The number of hydrogen-bond donors (Lipinski definition) is 2. The highest BCUT2D eigenvalue weighted by molar-refractivity contribution is 6.04. The lowest BCUT2D eigenvalue weighted by Crippen LogP contribution is -2.17. The number of phenols is 1. The zero-order chi connectivity index (χ0) is 14.8. The highest BCUT2D eigenvalue weighted by Crippen LogP contribution is 2.31. The molecular weight excluding hydrogens is 277 g/mol. The molecule has 2 aromatic carbocycles. The highest BCUT2D eigenvalue weighted by Gasteiger charge is 2.16. The fourth-order valence-corrected chi connectivity index (χ4v) is 1.98. The van der Waals surface area contributed by atoms with Crippen LogP contribution in [0.15, 0.2) is 36.4 Å². The van der Waals surface area contributed by atoms with Crippen LogP contribution in [0.5, 0.6) is 17.2 Å². The molecule has 21 heavy (non-hydrogen) atoms. The molecule has 0 saturated carbocycles. The molecule has 0 bridgehead atoms. The highest BCUT2D eigenvalue weighted by atomic mass is 19.1. The molecule has 6 heteroatoms. The van der Waals surface area contributed by atoms with Gasteiger partial charge in [-0.25, -0.2) is 4.39 Å². The number of nitrogens with one attached hydrogen (secondary N) is 1. The molecule has 1 aliphatic heterocycles. The van der Waals surface area contributed by atoms with Crippen molar-refractivity contribution in [2.75, 3.05) is 18.5 Å². The fourth-order valence-electron chi connectivity index (χ4n) is 1.98. The van der Waals surface area contributed by atoms with E-state index in [1.165, 1.54) is 12.1 Å². The number of carbonyl (C=O) groups is 1. The molecule has 0 radical (unpaired) electrons. The SMILES string of the molecule is O=C(Nc1ccc(O)cc1F)c1ccc2c(c1)OCCO2. The van der Waals surface area contributed by atoms with Crippen LogP contribution in [0, 0.1) is 5.82 Å². The van der Waals surface area contributed by atoms with Gasteiger partial charge in [0.1, 0.15) is 24.8 Å². The van der Waals surface area contributed by atoms with E-state index in [1.54, 1.807) is 18.2 Å². The Morgan fingerprint density at radius 3 is 2.62 bits per heavy atom. The fraction of sp³-hybridized carbons (Fsp3) is 0.133. The van der Waals surface area contributed by atoms with E-state index in [4.69, 9.17) is 14.6 Å². The quantitative estimate of drug-likeness (QED) is 0.834. The van der Waals surface area contributed by atoms with Crippen LogP contribution in [0.2, 0.25) is 0 Å². The van der Waals surface area contributed by atoms with Crippen LogP contribution >= 0.6 is 0 Å². The second-order valence-corrected chi connectivity index (χ2v) is 4.48. The number of fused-ring (bicyclic) bond motifs is 1. The lowest BCUT2D eigenvalue weighted by atomic mass is 10.1. The molecule has 3 rings (SSSR count). The molecule has 0 spiro atoms. The first-order valence-electron chi connectivity index (χ1n) is 6.33. The van der Waals surface area contributed by atoms with Gasteiger partial charge in [0.15, 0.2) is 11.5 Å². The first-order chi connectivity index (χ1) is 10.1. The van der Waals surface area contributed by atoms with Crippen molar-refractivity contribution in [3.05, 3.63) is 47.8 Å². The number of halogens is 1. The molecule has 5 nitrogen and oxygen atoms in total. The minimum Gasteiger partial charge on any atom is -0.508 e. The average Bonchev–Trinajstić information content (AvgIpc) is 2.49. The summed E-state index contributed by atoms with van der Waals surface area (Å²) >= 11 is 0. The molecule has 2 N–H and O–H groups in total. The van der Waals surface area contributed by atoms with Gasteiger partial charge in [0.2, 0.25) is 0 Å². The molecule has 0 atom stereocenters. The van der Waals surface area contributed by atoms with E-state index < -0.39 is 11.7 Å². The maximum Gasteiger partial charge on any atom is 0.255 e. The van der Waals surface area contributed by atoms with Crippen molar-refractivity contribution in [1.82, 2.24) is 0 Å². The number of ether oxygens (including phenoxy) is 2. The van der Waals surface area contributed by atoms with Crippen LogP contribution in [0.25, 0.3) is 0 Å². The minimum absolute atomic E-state index is 0.00677. The van der Waals surface area contributed by atoms with E-state index in [-0.39, 0.29) is 11.4 Å². The lowest BCUT2D eigenvalue weighted by Gasteiger charge is -2.18. The van der Waals surface area contributed by atoms with E-state index in [2.05, 4.69) is 5.32 Å².